The van der Waals surface area contributed by atoms with Crippen LogP contribution in [-0.2, 0) is 9.59 Å². The summed E-state index contributed by atoms with van der Waals surface area (Å²) in [5.41, 5.74) is 0. The number of unbranched alkanes of at least 4 members (excludes halogenated alkanes) is 22. The molecule has 0 atom stereocenters. The minimum Gasteiger partial charge on any atom is -0.481 e. The Bertz CT molecular complexity index is 524. The minimum atomic E-state index is -0.664. The molecule has 0 aliphatic rings. The van der Waals surface area contributed by atoms with Crippen molar-refractivity contribution in [1.82, 2.24) is 0 Å². The van der Waals surface area contributed by atoms with Gasteiger partial charge in [0.25, 0.3) is 0 Å². The van der Waals surface area contributed by atoms with Crippen LogP contribution >= 0.6 is 0 Å². The topological polar surface area (TPSA) is 74.6 Å². The van der Waals surface area contributed by atoms with Crippen molar-refractivity contribution in [2.75, 3.05) is 0 Å². The largest absolute Gasteiger partial charge is 0.481 e. The Balaban J connectivity index is -0.000000688. The Labute approximate surface area is 275 Å². The van der Waals surface area contributed by atoms with E-state index in [9.17, 15) is 9.59 Å². The van der Waals surface area contributed by atoms with Crippen molar-refractivity contribution >= 4 is 39.2 Å². The molecule has 0 fully saturated rings. The maximum absolute atomic E-state index is 10.3. The van der Waals surface area contributed by atoms with Gasteiger partial charge in [0, 0.05) is 40.1 Å². The molecule has 240 valence electrons. The monoisotopic (exact) mass is 772 g/mol. The van der Waals surface area contributed by atoms with Crippen molar-refractivity contribution in [1.29, 1.82) is 0 Å². The average Bonchev–Trinajstić information content (AvgIpc) is 2.93. The summed E-state index contributed by atoms with van der Waals surface area (Å²) in [5, 5.41) is 17.0. The van der Waals surface area contributed by atoms with Crippen molar-refractivity contribution < 1.29 is 19.8 Å². The molecule has 0 aromatic heterocycles. The molecule has 4 nitrogen and oxygen atoms in total. The number of aliphatic carboxylic acids is 2. The van der Waals surface area contributed by atoms with Crippen molar-refractivity contribution in [3.63, 3.8) is 0 Å². The number of hydrogen-bond acceptors (Lipinski definition) is 2. The van der Waals surface area contributed by atoms with Gasteiger partial charge in [0.05, 0.1) is 0 Å². The molecule has 4 radical (unpaired) electrons. The van der Waals surface area contributed by atoms with Crippen molar-refractivity contribution in [3.8, 4) is 0 Å². The molecule has 0 bridgehead atoms. The average molecular weight is 772 g/mol. The Hall–Kier alpha value is -0.658. The van der Waals surface area contributed by atoms with Gasteiger partial charge in [-0.2, -0.15) is 0 Å². The molecular weight excluding hydrogens is 704 g/mol. The van der Waals surface area contributed by atoms with Crippen LogP contribution in [0, 0.1) is 0 Å². The van der Waals surface area contributed by atoms with E-state index < -0.39 is 11.9 Å². The number of carboxylic acids is 2. The second kappa shape index (κ2) is 41.5. The van der Waals surface area contributed by atoms with Gasteiger partial charge in [0.15, 0.2) is 0 Å². The standard InChI is InChI=1S/2C18H34O2.Pb/c2*1-2-3-4-5-6-7-8-9-10-11-12-13-14-15-16-17-18(19)20;/h2*9-10H,2-8,11-17H2,1H3,(H,19,20);/b2*10-9-;. The van der Waals surface area contributed by atoms with E-state index >= 15 is 0 Å². The van der Waals surface area contributed by atoms with Crippen molar-refractivity contribution in [2.45, 2.75) is 194 Å². The summed E-state index contributed by atoms with van der Waals surface area (Å²) in [6.45, 7) is 4.52. The summed E-state index contributed by atoms with van der Waals surface area (Å²) in [5.74, 6) is -1.33. The summed E-state index contributed by atoms with van der Waals surface area (Å²) in [7, 11) is 0. The van der Waals surface area contributed by atoms with Gasteiger partial charge in [-0.05, 0) is 64.2 Å². The van der Waals surface area contributed by atoms with Crippen LogP contribution in [0.3, 0.4) is 0 Å². The van der Waals surface area contributed by atoms with Crippen LogP contribution in [0.25, 0.3) is 0 Å². The van der Waals surface area contributed by atoms with Gasteiger partial charge in [0.1, 0.15) is 0 Å². The zero-order valence-corrected chi connectivity index (χ0v) is 31.2. The van der Waals surface area contributed by atoms with Gasteiger partial charge in [-0.1, -0.05) is 141 Å². The molecule has 0 rings (SSSR count). The van der Waals surface area contributed by atoms with Crippen LogP contribution in [0.4, 0.5) is 0 Å². The molecule has 41 heavy (non-hydrogen) atoms. The van der Waals surface area contributed by atoms with Gasteiger partial charge in [-0.3, -0.25) is 9.59 Å². The van der Waals surface area contributed by atoms with Crippen molar-refractivity contribution in [2.24, 2.45) is 0 Å². The Morgan fingerprint density at radius 3 is 0.854 bits per heavy atom. The molecule has 0 aliphatic carbocycles. The van der Waals surface area contributed by atoms with Gasteiger partial charge >= 0.3 is 11.9 Å². The van der Waals surface area contributed by atoms with E-state index in [4.69, 9.17) is 10.2 Å². The normalized spacial score (nSPS) is 11.0. The Morgan fingerprint density at radius 2 is 0.610 bits per heavy atom. The summed E-state index contributed by atoms with van der Waals surface area (Å²) < 4.78 is 0. The van der Waals surface area contributed by atoms with E-state index in [0.29, 0.717) is 12.8 Å². The first kappa shape index (κ1) is 44.8. The van der Waals surface area contributed by atoms with Gasteiger partial charge in [-0.15, -0.1) is 0 Å². The fraction of sp³-hybridized carbons (Fsp3) is 0.833. The molecule has 2 N–H and O–H groups in total. The number of allylic oxidation sites excluding steroid dienone is 4. The van der Waals surface area contributed by atoms with Gasteiger partial charge < -0.3 is 10.2 Å². The van der Waals surface area contributed by atoms with Crippen LogP contribution < -0.4 is 0 Å². The van der Waals surface area contributed by atoms with Crippen LogP contribution in [0.5, 0.6) is 0 Å². The number of carboxylic acid groups (broad SMARTS) is 2. The van der Waals surface area contributed by atoms with E-state index in [0.717, 1.165) is 25.7 Å². The summed E-state index contributed by atoms with van der Waals surface area (Å²) in [6.07, 6.45) is 42.5. The zero-order valence-electron chi connectivity index (χ0n) is 27.3. The fourth-order valence-corrected chi connectivity index (χ4v) is 4.69. The van der Waals surface area contributed by atoms with E-state index in [2.05, 4.69) is 38.2 Å². The number of rotatable bonds is 30. The molecule has 0 spiro atoms. The molecule has 0 aliphatic heterocycles. The Morgan fingerprint density at radius 1 is 0.390 bits per heavy atom. The molecule has 0 amide bonds. The van der Waals surface area contributed by atoms with Crippen LogP contribution in [0.15, 0.2) is 24.3 Å². The molecule has 5 heteroatoms. The van der Waals surface area contributed by atoms with E-state index in [-0.39, 0.29) is 27.3 Å². The molecule has 0 unspecified atom stereocenters. The molecule has 0 saturated carbocycles. The smallest absolute Gasteiger partial charge is 0.303 e. The quantitative estimate of drug-likeness (QED) is 0.0433. The maximum atomic E-state index is 10.3. The van der Waals surface area contributed by atoms with Crippen molar-refractivity contribution in [3.05, 3.63) is 24.3 Å². The molecular formula is C36H68O4Pb. The number of carbonyl (C=O) groups is 2. The second-order valence-corrected chi connectivity index (χ2v) is 11.5. The molecule has 0 aromatic rings. The summed E-state index contributed by atoms with van der Waals surface area (Å²) >= 11 is 0. The second-order valence-electron chi connectivity index (χ2n) is 11.5. The van der Waals surface area contributed by atoms with E-state index in [1.165, 1.54) is 141 Å². The summed E-state index contributed by atoms with van der Waals surface area (Å²) in [4.78, 5) is 20.6. The molecule has 0 heterocycles. The van der Waals surface area contributed by atoms with Gasteiger partial charge in [-0.25, -0.2) is 0 Å². The predicted molar refractivity (Wildman–Crippen MR) is 180 cm³/mol. The Kier molecular flexibility index (Phi) is 45.3. The van der Waals surface area contributed by atoms with Crippen LogP contribution in [0.2, 0.25) is 0 Å². The third kappa shape index (κ3) is 49.3. The third-order valence-corrected chi connectivity index (χ3v) is 7.30. The van der Waals surface area contributed by atoms with E-state index in [1.54, 1.807) is 0 Å². The van der Waals surface area contributed by atoms with E-state index in [1.807, 2.05) is 0 Å². The van der Waals surface area contributed by atoms with Gasteiger partial charge in [0.2, 0.25) is 0 Å². The SMILES string of the molecule is CCCCCCCC/C=C\CCCCCCCC(=O)O.CCCCCCCC/C=C\CCCCCCCC(=O)O.[Pb]. The third-order valence-electron chi connectivity index (χ3n) is 7.30. The predicted octanol–water partition coefficient (Wildman–Crippen LogP) is 11.8. The first-order valence-corrected chi connectivity index (χ1v) is 17.3. The minimum absolute atomic E-state index is 0. The first-order chi connectivity index (χ1) is 19.5. The molecule has 0 saturated heterocycles. The first-order valence-electron chi connectivity index (χ1n) is 17.3. The fourth-order valence-electron chi connectivity index (χ4n) is 4.69. The zero-order chi connectivity index (χ0) is 29.8. The number of hydrogen-bond donors (Lipinski definition) is 2. The molecule has 0 aromatic carbocycles. The summed E-state index contributed by atoms with van der Waals surface area (Å²) in [6, 6.07) is 0. The van der Waals surface area contributed by atoms with Crippen LogP contribution in [-0.4, -0.2) is 49.5 Å². The maximum Gasteiger partial charge on any atom is 0.303 e. The van der Waals surface area contributed by atoms with Crippen LogP contribution in [0.1, 0.15) is 194 Å².